The highest BCUT2D eigenvalue weighted by Gasteiger charge is 2.65. The quantitative estimate of drug-likeness (QED) is 0.267. The third kappa shape index (κ3) is 1.34. The summed E-state index contributed by atoms with van der Waals surface area (Å²) in [7, 11) is 0. The van der Waals surface area contributed by atoms with Gasteiger partial charge in [0.15, 0.2) is 0 Å². The molecule has 0 radical (unpaired) electrons. The summed E-state index contributed by atoms with van der Waals surface area (Å²) in [6, 6.07) is 0.664. The summed E-state index contributed by atoms with van der Waals surface area (Å²) < 4.78 is 0. The molecule has 4 atom stereocenters. The number of hydrogen-bond acceptors (Lipinski definition) is 2. The highest BCUT2D eigenvalue weighted by molar-refractivity contribution is 5.80. The molecule has 0 aromatic carbocycles. The summed E-state index contributed by atoms with van der Waals surface area (Å²) in [4.78, 5) is 4.29. The van der Waals surface area contributed by atoms with Gasteiger partial charge in [-0.1, -0.05) is 0 Å². The molecule has 2 bridgehead atoms. The number of guanidine groups is 1. The SMILES string of the molecule is CCN=C(NN)NC1C2C3CCC(C3)C12. The van der Waals surface area contributed by atoms with Crippen LogP contribution < -0.4 is 16.6 Å². The van der Waals surface area contributed by atoms with Crippen molar-refractivity contribution in [3.8, 4) is 0 Å². The Bertz CT molecular complexity index is 272. The van der Waals surface area contributed by atoms with Crippen molar-refractivity contribution in [2.45, 2.75) is 32.2 Å². The molecule has 4 unspecified atom stereocenters. The molecular formula is C11H20N4. The monoisotopic (exact) mass is 208 g/mol. The van der Waals surface area contributed by atoms with Gasteiger partial charge in [0.1, 0.15) is 0 Å². The van der Waals surface area contributed by atoms with Crippen molar-refractivity contribution in [2.75, 3.05) is 6.54 Å². The predicted molar refractivity (Wildman–Crippen MR) is 60.0 cm³/mol. The van der Waals surface area contributed by atoms with Gasteiger partial charge in [-0.2, -0.15) is 0 Å². The maximum atomic E-state index is 5.43. The zero-order valence-electron chi connectivity index (χ0n) is 9.24. The van der Waals surface area contributed by atoms with E-state index in [1.165, 1.54) is 19.3 Å². The summed E-state index contributed by atoms with van der Waals surface area (Å²) in [5, 5.41) is 3.46. The fourth-order valence-corrected chi connectivity index (χ4v) is 3.97. The second-order valence-corrected chi connectivity index (χ2v) is 5.13. The zero-order chi connectivity index (χ0) is 10.4. The molecule has 0 aliphatic heterocycles. The topological polar surface area (TPSA) is 62.4 Å². The second kappa shape index (κ2) is 3.37. The van der Waals surface area contributed by atoms with Gasteiger partial charge in [-0.3, -0.25) is 10.4 Å². The fourth-order valence-electron chi connectivity index (χ4n) is 3.97. The highest BCUT2D eigenvalue weighted by Crippen LogP contribution is 2.65. The molecule has 3 rings (SSSR count). The van der Waals surface area contributed by atoms with E-state index in [9.17, 15) is 0 Å². The Morgan fingerprint density at radius 2 is 2.00 bits per heavy atom. The number of nitrogens with two attached hydrogens (primary N) is 1. The highest BCUT2D eigenvalue weighted by atomic mass is 15.3. The van der Waals surface area contributed by atoms with Crippen LogP contribution >= 0.6 is 0 Å². The van der Waals surface area contributed by atoms with E-state index >= 15 is 0 Å². The number of fused-ring (bicyclic) bond motifs is 5. The van der Waals surface area contributed by atoms with Crippen LogP contribution in [0.1, 0.15) is 26.2 Å². The lowest BCUT2D eigenvalue weighted by atomic mass is 10.0. The Kier molecular flexibility index (Phi) is 2.12. The minimum absolute atomic E-state index is 0.664. The van der Waals surface area contributed by atoms with E-state index in [4.69, 9.17) is 5.84 Å². The summed E-state index contributed by atoms with van der Waals surface area (Å²) >= 11 is 0. The average molecular weight is 208 g/mol. The molecule has 0 aromatic heterocycles. The van der Waals surface area contributed by atoms with Crippen molar-refractivity contribution in [1.82, 2.24) is 10.7 Å². The summed E-state index contributed by atoms with van der Waals surface area (Å²) in [5.41, 5.74) is 2.65. The van der Waals surface area contributed by atoms with E-state index in [2.05, 4.69) is 15.7 Å². The fraction of sp³-hybridized carbons (Fsp3) is 0.909. The Balaban J connectivity index is 1.61. The van der Waals surface area contributed by atoms with Crippen molar-refractivity contribution >= 4 is 5.96 Å². The van der Waals surface area contributed by atoms with Crippen LogP contribution in [0.15, 0.2) is 4.99 Å². The van der Waals surface area contributed by atoms with Crippen molar-refractivity contribution in [1.29, 1.82) is 0 Å². The number of hydrogen-bond donors (Lipinski definition) is 3. The lowest BCUT2D eigenvalue weighted by molar-refractivity contribution is 0.456. The maximum absolute atomic E-state index is 5.43. The van der Waals surface area contributed by atoms with Gasteiger partial charge in [0, 0.05) is 12.6 Å². The molecule has 0 aromatic rings. The first kappa shape index (κ1) is 9.46. The first-order valence-electron chi connectivity index (χ1n) is 6.12. The van der Waals surface area contributed by atoms with Gasteiger partial charge in [0.2, 0.25) is 5.96 Å². The Morgan fingerprint density at radius 3 is 2.53 bits per heavy atom. The summed E-state index contributed by atoms with van der Waals surface area (Å²) in [6.07, 6.45) is 4.41. The van der Waals surface area contributed by atoms with Crippen LogP contribution in [0.25, 0.3) is 0 Å². The van der Waals surface area contributed by atoms with Gasteiger partial charge in [-0.15, -0.1) is 0 Å². The van der Waals surface area contributed by atoms with Crippen LogP contribution in [0.3, 0.4) is 0 Å². The van der Waals surface area contributed by atoms with Gasteiger partial charge in [-0.25, -0.2) is 5.84 Å². The van der Waals surface area contributed by atoms with E-state index in [1.807, 2.05) is 6.92 Å². The Labute approximate surface area is 90.7 Å². The maximum Gasteiger partial charge on any atom is 0.205 e. The number of aliphatic imine (C=N–C) groups is 1. The largest absolute Gasteiger partial charge is 0.352 e. The molecule has 0 amide bonds. The smallest absolute Gasteiger partial charge is 0.205 e. The number of nitrogens with zero attached hydrogens (tertiary/aromatic N) is 1. The minimum Gasteiger partial charge on any atom is -0.352 e. The van der Waals surface area contributed by atoms with Gasteiger partial charge in [0.25, 0.3) is 0 Å². The second-order valence-electron chi connectivity index (χ2n) is 5.13. The molecule has 0 spiro atoms. The summed E-state index contributed by atoms with van der Waals surface area (Å²) in [5.74, 6) is 10.1. The van der Waals surface area contributed by atoms with Crippen LogP contribution in [-0.4, -0.2) is 18.5 Å². The van der Waals surface area contributed by atoms with Crippen LogP contribution in [0.2, 0.25) is 0 Å². The molecule has 15 heavy (non-hydrogen) atoms. The number of rotatable bonds is 2. The molecule has 0 heterocycles. The van der Waals surface area contributed by atoms with Crippen molar-refractivity contribution in [2.24, 2.45) is 34.5 Å². The first-order valence-corrected chi connectivity index (χ1v) is 6.12. The minimum atomic E-state index is 0.664. The molecule has 84 valence electrons. The summed E-state index contributed by atoms with van der Waals surface area (Å²) in [6.45, 7) is 2.80. The Morgan fingerprint density at radius 1 is 1.33 bits per heavy atom. The third-order valence-corrected chi connectivity index (χ3v) is 4.49. The van der Waals surface area contributed by atoms with E-state index in [0.29, 0.717) is 6.04 Å². The first-order chi connectivity index (χ1) is 7.35. The standard InChI is InChI=1S/C11H20N4/c1-2-13-11(15-12)14-10-8-6-3-4-7(5-6)9(8)10/h6-10H,2-5,12H2,1H3,(H2,13,14,15). The van der Waals surface area contributed by atoms with Crippen LogP contribution in [0.5, 0.6) is 0 Å². The van der Waals surface area contributed by atoms with Crippen molar-refractivity contribution in [3.63, 3.8) is 0 Å². The van der Waals surface area contributed by atoms with E-state index < -0.39 is 0 Å². The molecule has 0 saturated heterocycles. The van der Waals surface area contributed by atoms with Gasteiger partial charge in [0.05, 0.1) is 0 Å². The third-order valence-electron chi connectivity index (χ3n) is 4.49. The average Bonchev–Trinajstić information content (AvgIpc) is 2.67. The molecule has 4 N–H and O–H groups in total. The lowest BCUT2D eigenvalue weighted by Gasteiger charge is -2.12. The molecule has 3 fully saturated rings. The normalized spacial score (nSPS) is 46.5. The Hall–Kier alpha value is -0.770. The molecule has 4 heteroatoms. The zero-order valence-corrected chi connectivity index (χ0v) is 9.24. The van der Waals surface area contributed by atoms with Crippen LogP contribution in [0, 0.1) is 23.7 Å². The van der Waals surface area contributed by atoms with E-state index in [-0.39, 0.29) is 0 Å². The van der Waals surface area contributed by atoms with Gasteiger partial charge < -0.3 is 5.32 Å². The van der Waals surface area contributed by atoms with E-state index in [1.54, 1.807) is 0 Å². The van der Waals surface area contributed by atoms with Gasteiger partial charge >= 0.3 is 0 Å². The van der Waals surface area contributed by atoms with Crippen molar-refractivity contribution < 1.29 is 0 Å². The lowest BCUT2D eigenvalue weighted by Crippen LogP contribution is -2.44. The van der Waals surface area contributed by atoms with E-state index in [0.717, 1.165) is 36.2 Å². The predicted octanol–water partition coefficient (Wildman–Crippen LogP) is 0.460. The van der Waals surface area contributed by atoms with Gasteiger partial charge in [-0.05, 0) is 49.9 Å². The number of nitrogens with one attached hydrogen (secondary N) is 2. The molecule has 3 aliphatic rings. The molecule has 4 nitrogen and oxygen atoms in total. The van der Waals surface area contributed by atoms with Crippen LogP contribution in [-0.2, 0) is 0 Å². The molecule has 3 aliphatic carbocycles. The molecule has 3 saturated carbocycles. The number of hydrazine groups is 1. The molecular weight excluding hydrogens is 188 g/mol. The van der Waals surface area contributed by atoms with Crippen LogP contribution in [0.4, 0.5) is 0 Å². The van der Waals surface area contributed by atoms with Crippen molar-refractivity contribution in [3.05, 3.63) is 0 Å².